The number of ether oxygens (including phenoxy) is 4. The van der Waals surface area contributed by atoms with Crippen molar-refractivity contribution in [2.45, 2.75) is 0 Å². The summed E-state index contributed by atoms with van der Waals surface area (Å²) in [5, 5.41) is 43.8. The lowest BCUT2D eigenvalue weighted by molar-refractivity contribution is 0.198. The number of halogens is 2. The molecular formula is C26H24Cl2O8. The highest BCUT2D eigenvalue weighted by atomic mass is 35.5. The molecule has 36 heavy (non-hydrogen) atoms. The summed E-state index contributed by atoms with van der Waals surface area (Å²) in [6.45, 7) is -0.612. The molecule has 0 heterocycles. The highest BCUT2D eigenvalue weighted by Crippen LogP contribution is 2.56. The molecule has 8 nitrogen and oxygen atoms in total. The third-order valence-corrected chi connectivity index (χ3v) is 6.19. The van der Waals surface area contributed by atoms with Crippen molar-refractivity contribution in [2.75, 3.05) is 40.6 Å². The Kier molecular flexibility index (Phi) is 7.70. The summed E-state index contributed by atoms with van der Waals surface area (Å²) in [5.74, 6) is 0.395. The fourth-order valence-electron chi connectivity index (χ4n) is 4.19. The van der Waals surface area contributed by atoms with Crippen molar-refractivity contribution >= 4 is 44.7 Å². The van der Waals surface area contributed by atoms with Crippen LogP contribution in [0, 0.1) is 0 Å². The van der Waals surface area contributed by atoms with Gasteiger partial charge in [0, 0.05) is 26.7 Å². The molecule has 0 saturated heterocycles. The molecule has 0 aliphatic carbocycles. The summed E-state index contributed by atoms with van der Waals surface area (Å²) < 4.78 is 22.8. The smallest absolute Gasteiger partial charge is 0.173 e. The van der Waals surface area contributed by atoms with E-state index in [2.05, 4.69) is 0 Å². The lowest BCUT2D eigenvalue weighted by Crippen LogP contribution is -2.06. The number of aliphatic hydroxyl groups is 2. The Labute approximate surface area is 216 Å². The molecule has 0 aliphatic rings. The predicted molar refractivity (Wildman–Crippen MR) is 139 cm³/mol. The van der Waals surface area contributed by atoms with Crippen molar-refractivity contribution < 1.29 is 39.4 Å². The first-order chi connectivity index (χ1) is 17.4. The summed E-state index contributed by atoms with van der Waals surface area (Å²) >= 11 is 12.5. The topological polar surface area (TPSA) is 118 Å². The van der Waals surface area contributed by atoms with Gasteiger partial charge in [-0.1, -0.05) is 23.2 Å². The van der Waals surface area contributed by atoms with Crippen LogP contribution in [0.1, 0.15) is 0 Å². The molecule has 0 unspecified atom stereocenters. The molecule has 0 aliphatic heterocycles. The first-order valence-electron chi connectivity index (χ1n) is 10.9. The van der Waals surface area contributed by atoms with E-state index in [1.54, 1.807) is 30.3 Å². The lowest BCUT2D eigenvalue weighted by atomic mass is 9.93. The minimum Gasteiger partial charge on any atom is -0.507 e. The Hall–Kier alpha value is -3.30. The molecule has 0 aromatic heterocycles. The van der Waals surface area contributed by atoms with Crippen molar-refractivity contribution in [3.63, 3.8) is 0 Å². The van der Waals surface area contributed by atoms with Gasteiger partial charge >= 0.3 is 0 Å². The van der Waals surface area contributed by atoms with Gasteiger partial charge < -0.3 is 39.4 Å². The molecule has 0 amide bonds. The summed E-state index contributed by atoms with van der Waals surface area (Å²) in [4.78, 5) is 0. The van der Waals surface area contributed by atoms with Crippen LogP contribution in [0.4, 0.5) is 0 Å². The average molecular weight is 535 g/mol. The van der Waals surface area contributed by atoms with E-state index in [1.807, 2.05) is 0 Å². The number of methoxy groups -OCH3 is 2. The molecule has 190 valence electrons. The third-order valence-electron chi connectivity index (χ3n) is 5.66. The van der Waals surface area contributed by atoms with Gasteiger partial charge in [-0.05, 0) is 36.4 Å². The van der Waals surface area contributed by atoms with Gasteiger partial charge in [0.15, 0.2) is 11.5 Å². The molecule has 4 aromatic rings. The van der Waals surface area contributed by atoms with Crippen LogP contribution in [0.5, 0.6) is 34.5 Å². The Morgan fingerprint density at radius 2 is 1.39 bits per heavy atom. The predicted octanol–water partition coefficient (Wildman–Crippen LogP) is 5.14. The van der Waals surface area contributed by atoms with E-state index in [0.29, 0.717) is 32.3 Å². The third kappa shape index (κ3) is 4.37. The zero-order chi connectivity index (χ0) is 26.0. The zero-order valence-electron chi connectivity index (χ0n) is 19.5. The van der Waals surface area contributed by atoms with Gasteiger partial charge in [0.05, 0.1) is 43.4 Å². The van der Waals surface area contributed by atoms with E-state index in [-0.39, 0.29) is 71.3 Å². The Balaban J connectivity index is 2.15. The van der Waals surface area contributed by atoms with Gasteiger partial charge in [-0.25, -0.2) is 0 Å². The summed E-state index contributed by atoms with van der Waals surface area (Å²) in [6, 6.07) is 9.54. The number of fused-ring (bicyclic) bond motifs is 2. The summed E-state index contributed by atoms with van der Waals surface area (Å²) in [5.41, 5.74) is 0.294. The van der Waals surface area contributed by atoms with Crippen LogP contribution in [-0.4, -0.2) is 61.1 Å². The van der Waals surface area contributed by atoms with Crippen LogP contribution in [0.2, 0.25) is 10.0 Å². The second kappa shape index (κ2) is 10.8. The number of aliphatic hydroxyl groups excluding tert-OH is 2. The Morgan fingerprint density at radius 1 is 0.722 bits per heavy atom. The van der Waals surface area contributed by atoms with Crippen molar-refractivity contribution in [1.82, 2.24) is 0 Å². The van der Waals surface area contributed by atoms with Crippen LogP contribution in [0.25, 0.3) is 32.7 Å². The molecule has 0 radical (unpaired) electrons. The normalized spacial score (nSPS) is 11.2. The molecule has 4 aromatic carbocycles. The minimum atomic E-state index is -0.287. The number of phenolic OH excluding ortho intramolecular Hbond substituents is 2. The van der Waals surface area contributed by atoms with Gasteiger partial charge in [-0.15, -0.1) is 0 Å². The molecule has 4 N–H and O–H groups in total. The van der Waals surface area contributed by atoms with Gasteiger partial charge in [0.25, 0.3) is 0 Å². The lowest BCUT2D eigenvalue weighted by Gasteiger charge is -2.22. The van der Waals surface area contributed by atoms with Crippen molar-refractivity contribution in [2.24, 2.45) is 0 Å². The van der Waals surface area contributed by atoms with Crippen LogP contribution in [0.15, 0.2) is 36.4 Å². The van der Waals surface area contributed by atoms with E-state index in [4.69, 9.17) is 42.1 Å². The minimum absolute atomic E-state index is 0.00672. The summed E-state index contributed by atoms with van der Waals surface area (Å²) in [7, 11) is 2.81. The molecular weight excluding hydrogens is 511 g/mol. The zero-order valence-corrected chi connectivity index (χ0v) is 21.0. The summed E-state index contributed by atoms with van der Waals surface area (Å²) in [6.07, 6.45) is 0. The first-order valence-corrected chi connectivity index (χ1v) is 11.6. The quantitative estimate of drug-likeness (QED) is 0.233. The van der Waals surface area contributed by atoms with Gasteiger partial charge in [0.2, 0.25) is 0 Å². The molecule has 0 spiro atoms. The molecule has 10 heteroatoms. The molecule has 4 rings (SSSR count). The maximum atomic E-state index is 11.5. The largest absolute Gasteiger partial charge is 0.507 e. The maximum absolute atomic E-state index is 11.5. The van der Waals surface area contributed by atoms with Crippen molar-refractivity contribution in [1.29, 1.82) is 0 Å². The number of phenols is 2. The standard InChI is InChI=1S/C26H24Cl2O8/c1-33-24-18(28)6-5-15-21(24)26(36-10-8-30)25(34-2)20(23(15)32)17-12-19(35-9-7-29)16-11-13(27)3-4-14(16)22(17)31/h3-6,11-12,29-32H,7-10H2,1-2H3. The molecule has 0 atom stereocenters. The van der Waals surface area contributed by atoms with E-state index in [1.165, 1.54) is 20.3 Å². The second-order valence-electron chi connectivity index (χ2n) is 7.69. The van der Waals surface area contributed by atoms with Gasteiger partial charge in [-0.2, -0.15) is 0 Å². The Bertz CT molecular complexity index is 1440. The van der Waals surface area contributed by atoms with Crippen molar-refractivity contribution in [3.8, 4) is 45.6 Å². The highest BCUT2D eigenvalue weighted by molar-refractivity contribution is 6.34. The second-order valence-corrected chi connectivity index (χ2v) is 8.54. The van der Waals surface area contributed by atoms with Gasteiger partial charge in [-0.3, -0.25) is 0 Å². The Morgan fingerprint density at radius 3 is 2.06 bits per heavy atom. The fraction of sp³-hybridized carbons (Fsp3) is 0.231. The number of hydrogen-bond acceptors (Lipinski definition) is 8. The molecule has 0 saturated carbocycles. The SMILES string of the molecule is COc1c(-c2cc(OCCO)c3cc(Cl)ccc3c2O)c(O)c2ccc(Cl)c(OC)c2c1OCCO. The van der Waals surface area contributed by atoms with E-state index in [9.17, 15) is 20.4 Å². The number of hydrogen-bond donors (Lipinski definition) is 4. The van der Waals surface area contributed by atoms with Crippen LogP contribution in [-0.2, 0) is 0 Å². The highest BCUT2D eigenvalue weighted by Gasteiger charge is 2.29. The fourth-order valence-corrected chi connectivity index (χ4v) is 4.60. The molecule has 0 bridgehead atoms. The number of rotatable bonds is 9. The van der Waals surface area contributed by atoms with E-state index >= 15 is 0 Å². The maximum Gasteiger partial charge on any atom is 0.173 e. The first kappa shape index (κ1) is 25.8. The number of aromatic hydroxyl groups is 2. The number of benzene rings is 4. The average Bonchev–Trinajstić information content (AvgIpc) is 2.87. The van der Waals surface area contributed by atoms with Crippen molar-refractivity contribution in [3.05, 3.63) is 46.4 Å². The van der Waals surface area contributed by atoms with Crippen LogP contribution in [0.3, 0.4) is 0 Å². The van der Waals surface area contributed by atoms with Gasteiger partial charge in [0.1, 0.15) is 36.2 Å². The molecule has 0 fully saturated rings. The van der Waals surface area contributed by atoms with E-state index in [0.717, 1.165) is 0 Å². The van der Waals surface area contributed by atoms with E-state index < -0.39 is 0 Å². The van der Waals surface area contributed by atoms with Crippen LogP contribution >= 0.6 is 23.2 Å². The van der Waals surface area contributed by atoms with Crippen LogP contribution < -0.4 is 18.9 Å². The monoisotopic (exact) mass is 534 g/mol.